The predicted molar refractivity (Wildman–Crippen MR) is 106 cm³/mol. The third-order valence-corrected chi connectivity index (χ3v) is 3.79. The summed E-state index contributed by atoms with van der Waals surface area (Å²) < 4.78 is 44.9. The molecule has 0 N–H and O–H groups in total. The average Bonchev–Trinajstić information content (AvgIpc) is 3.18. The Morgan fingerprint density at radius 3 is 1.06 bits per heavy atom. The standard InChI is InChI=1S/C16H22N6.C2H3N.BF4.Cu/c1-10-7-13(4)20(17-10)16(21-14(5)8-11(2)18-21)22-15(6)9-12(3)19-22;1-2-3;2-1(3,4)5;/h7-9,16H,1-6H3;1H3;;/q;;-1;+1. The van der Waals surface area contributed by atoms with E-state index < -0.39 is 7.25 Å². The molecule has 0 amide bonds. The minimum absolute atomic E-state index is 0. The van der Waals surface area contributed by atoms with Crippen molar-refractivity contribution in [2.24, 2.45) is 0 Å². The van der Waals surface area contributed by atoms with E-state index in [9.17, 15) is 17.3 Å². The van der Waals surface area contributed by atoms with Crippen LogP contribution in [0.25, 0.3) is 0 Å². The van der Waals surface area contributed by atoms with E-state index in [-0.39, 0.29) is 23.4 Å². The van der Waals surface area contributed by atoms with Gasteiger partial charge in [-0.05, 0) is 59.7 Å². The minimum atomic E-state index is -6.00. The van der Waals surface area contributed by atoms with Gasteiger partial charge in [0, 0.05) is 24.0 Å². The monoisotopic (exact) mass is 489 g/mol. The van der Waals surface area contributed by atoms with Gasteiger partial charge in [0.1, 0.15) is 0 Å². The van der Waals surface area contributed by atoms with Gasteiger partial charge in [0.15, 0.2) is 0 Å². The second-order valence-corrected chi connectivity index (χ2v) is 6.68. The third-order valence-electron chi connectivity index (χ3n) is 3.79. The van der Waals surface area contributed by atoms with Crippen LogP contribution in [0.5, 0.6) is 0 Å². The van der Waals surface area contributed by atoms with E-state index in [0.29, 0.717) is 0 Å². The van der Waals surface area contributed by atoms with Crippen molar-refractivity contribution in [3.05, 3.63) is 52.4 Å². The molecule has 0 saturated heterocycles. The Labute approximate surface area is 189 Å². The van der Waals surface area contributed by atoms with E-state index in [2.05, 4.69) is 54.3 Å². The fourth-order valence-corrected chi connectivity index (χ4v) is 2.95. The number of nitriles is 1. The molecule has 3 aromatic rings. The van der Waals surface area contributed by atoms with E-state index in [4.69, 9.17) is 5.26 Å². The molecule has 3 rings (SSSR count). The average molecular weight is 490 g/mol. The first kappa shape index (κ1) is 28.4. The molecule has 174 valence electrons. The van der Waals surface area contributed by atoms with Crippen LogP contribution in [-0.2, 0) is 17.1 Å². The number of hydrogen-bond donors (Lipinski definition) is 0. The molecule has 0 aliphatic heterocycles. The van der Waals surface area contributed by atoms with E-state index in [0.717, 1.165) is 34.2 Å². The smallest absolute Gasteiger partial charge is 0.418 e. The Morgan fingerprint density at radius 1 is 0.742 bits per heavy atom. The van der Waals surface area contributed by atoms with E-state index in [1.807, 2.05) is 34.8 Å². The SMILES string of the molecule is CC#N.Cc1cc(C)n(C(n2nc(C)cc2C)n2nc(C)cc2C)n1.F[B-](F)(F)F.[Cu+]. The van der Waals surface area contributed by atoms with Crippen molar-refractivity contribution in [1.82, 2.24) is 29.3 Å². The molecule has 0 atom stereocenters. The Hall–Kier alpha value is -2.58. The number of rotatable bonds is 3. The predicted octanol–water partition coefficient (Wildman–Crippen LogP) is 4.51. The molecular weight excluding hydrogens is 465 g/mol. The van der Waals surface area contributed by atoms with Crippen molar-refractivity contribution in [2.45, 2.75) is 54.8 Å². The summed E-state index contributed by atoms with van der Waals surface area (Å²) >= 11 is 0. The van der Waals surface area contributed by atoms with Gasteiger partial charge in [-0.3, -0.25) is 0 Å². The molecule has 13 heteroatoms. The van der Waals surface area contributed by atoms with Gasteiger partial charge in [-0.15, -0.1) is 0 Å². The Kier molecular flexibility index (Phi) is 10.7. The topological polar surface area (TPSA) is 77.2 Å². The molecule has 0 saturated carbocycles. The summed E-state index contributed by atoms with van der Waals surface area (Å²) in [6, 6.07) is 7.97. The second kappa shape index (κ2) is 11.7. The summed E-state index contributed by atoms with van der Waals surface area (Å²) in [6.07, 6.45) is -0.226. The normalized spacial score (nSPS) is 10.4. The molecular formula is C18H25BCuF4N7. The maximum absolute atomic E-state index is 9.75. The summed E-state index contributed by atoms with van der Waals surface area (Å²) in [7, 11) is -6.00. The fraction of sp³-hybridized carbons (Fsp3) is 0.444. The molecule has 0 aliphatic rings. The second-order valence-electron chi connectivity index (χ2n) is 6.68. The van der Waals surface area contributed by atoms with Crippen LogP contribution in [0, 0.1) is 52.9 Å². The first-order valence-electron chi connectivity index (χ1n) is 9.04. The Bertz CT molecular complexity index is 901. The molecule has 0 radical (unpaired) electrons. The molecule has 0 aromatic carbocycles. The summed E-state index contributed by atoms with van der Waals surface area (Å²) in [5.41, 5.74) is 6.23. The summed E-state index contributed by atoms with van der Waals surface area (Å²) in [5.74, 6) is 0. The van der Waals surface area contributed by atoms with Crippen LogP contribution in [0.3, 0.4) is 0 Å². The van der Waals surface area contributed by atoms with E-state index in [1.165, 1.54) is 6.92 Å². The van der Waals surface area contributed by atoms with Crippen molar-refractivity contribution in [3.63, 3.8) is 0 Å². The molecule has 3 aromatic heterocycles. The maximum atomic E-state index is 9.75. The van der Waals surface area contributed by atoms with E-state index >= 15 is 0 Å². The van der Waals surface area contributed by atoms with Gasteiger partial charge < -0.3 is 17.3 Å². The largest absolute Gasteiger partial charge is 1.00 e. The summed E-state index contributed by atoms with van der Waals surface area (Å²) in [5, 5.41) is 21.3. The first-order chi connectivity index (χ1) is 13.8. The van der Waals surface area contributed by atoms with Crippen LogP contribution in [0.2, 0.25) is 0 Å². The minimum Gasteiger partial charge on any atom is -0.418 e. The van der Waals surface area contributed by atoms with Gasteiger partial charge in [0.2, 0.25) is 6.29 Å². The number of nitrogens with zero attached hydrogens (tertiary/aromatic N) is 7. The number of hydrogen-bond acceptors (Lipinski definition) is 4. The molecule has 3 heterocycles. The zero-order chi connectivity index (χ0) is 23.2. The van der Waals surface area contributed by atoms with Crippen LogP contribution in [0.1, 0.15) is 47.4 Å². The van der Waals surface area contributed by atoms with Crippen LogP contribution in [-0.4, -0.2) is 36.6 Å². The number of halogens is 4. The molecule has 0 bridgehead atoms. The first-order valence-corrected chi connectivity index (χ1v) is 9.04. The van der Waals surface area contributed by atoms with Gasteiger partial charge >= 0.3 is 24.3 Å². The molecule has 7 nitrogen and oxygen atoms in total. The van der Waals surface area contributed by atoms with Gasteiger partial charge in [-0.2, -0.15) is 20.6 Å². The van der Waals surface area contributed by atoms with Crippen molar-refractivity contribution in [3.8, 4) is 6.07 Å². The number of aromatic nitrogens is 6. The molecule has 0 unspecified atom stereocenters. The molecule has 0 aliphatic carbocycles. The molecule has 31 heavy (non-hydrogen) atoms. The Balaban J connectivity index is 0.000000868. The summed E-state index contributed by atoms with van der Waals surface area (Å²) in [4.78, 5) is 0. The maximum Gasteiger partial charge on any atom is 1.00 e. The van der Waals surface area contributed by atoms with E-state index in [1.54, 1.807) is 6.07 Å². The Morgan fingerprint density at radius 2 is 0.935 bits per heavy atom. The van der Waals surface area contributed by atoms with Crippen molar-refractivity contribution in [2.75, 3.05) is 0 Å². The van der Waals surface area contributed by atoms with Gasteiger partial charge in [-0.25, -0.2) is 14.0 Å². The van der Waals surface area contributed by atoms with Gasteiger partial charge in [0.05, 0.1) is 23.2 Å². The quantitative estimate of drug-likeness (QED) is 0.401. The van der Waals surface area contributed by atoms with Crippen molar-refractivity contribution < 1.29 is 34.3 Å². The molecule has 0 spiro atoms. The van der Waals surface area contributed by atoms with Crippen molar-refractivity contribution >= 4 is 7.25 Å². The van der Waals surface area contributed by atoms with Gasteiger partial charge in [-0.1, -0.05) is 0 Å². The third kappa shape index (κ3) is 8.59. The van der Waals surface area contributed by atoms with Crippen molar-refractivity contribution in [1.29, 1.82) is 5.26 Å². The zero-order valence-electron chi connectivity index (χ0n) is 18.3. The van der Waals surface area contributed by atoms with Gasteiger partial charge in [0.25, 0.3) is 0 Å². The van der Waals surface area contributed by atoms with Crippen LogP contribution >= 0.6 is 0 Å². The molecule has 0 fully saturated rings. The van der Waals surface area contributed by atoms with Crippen LogP contribution in [0.15, 0.2) is 18.2 Å². The van der Waals surface area contributed by atoms with Crippen LogP contribution in [0.4, 0.5) is 17.3 Å². The number of aryl methyl sites for hydroxylation is 6. The fourth-order valence-electron chi connectivity index (χ4n) is 2.95. The summed E-state index contributed by atoms with van der Waals surface area (Å²) in [6.45, 7) is 13.6. The van der Waals surface area contributed by atoms with Crippen LogP contribution < -0.4 is 0 Å². The zero-order valence-corrected chi connectivity index (χ0v) is 19.3.